The van der Waals surface area contributed by atoms with Gasteiger partial charge in [0.1, 0.15) is 18.4 Å². The molecule has 0 saturated carbocycles. The van der Waals surface area contributed by atoms with Gasteiger partial charge in [-0.15, -0.1) is 0 Å². The predicted molar refractivity (Wildman–Crippen MR) is 112 cm³/mol. The second-order valence-electron chi connectivity index (χ2n) is 7.03. The van der Waals surface area contributed by atoms with Crippen molar-refractivity contribution in [3.05, 3.63) is 78.0 Å². The van der Waals surface area contributed by atoms with E-state index in [9.17, 15) is 22.8 Å². The molecule has 2 rings (SSSR count). The van der Waals surface area contributed by atoms with Gasteiger partial charge in [0.25, 0.3) is 5.78 Å². The third-order valence-electron chi connectivity index (χ3n) is 4.48. The molecule has 2 aromatic carbocycles. The molecule has 0 aliphatic heterocycles. The molecule has 0 aliphatic rings. The van der Waals surface area contributed by atoms with E-state index in [1.807, 2.05) is 49.4 Å². The molecule has 1 unspecified atom stereocenters. The van der Waals surface area contributed by atoms with Gasteiger partial charge in [0.15, 0.2) is 0 Å². The molecule has 1 amide bonds. The van der Waals surface area contributed by atoms with Gasteiger partial charge < -0.3 is 15.0 Å². The number of likely N-dealkylation sites (N-methyl/N-ethyl adjacent to an activating group) is 1. The number of carbonyl (C=O) groups excluding carboxylic acids is 2. The number of ether oxygens (including phenoxy) is 1. The van der Waals surface area contributed by atoms with Crippen LogP contribution in [-0.2, 0) is 16.0 Å². The standard InChI is InChI=1S/C23H25F3N2O3/c1-17-8-10-19(11-9-17)31-15-14-28(2)22(30)20(16-18-6-4-3-5-7-18)27-13-12-21(29)23(24,25)26/h3-13,20,27H,14-16H2,1-2H3. The topological polar surface area (TPSA) is 58.6 Å². The van der Waals surface area contributed by atoms with Gasteiger partial charge in [-0.05, 0) is 24.6 Å². The van der Waals surface area contributed by atoms with Crippen molar-refractivity contribution in [2.75, 3.05) is 20.2 Å². The van der Waals surface area contributed by atoms with Crippen LogP contribution in [0.15, 0.2) is 66.9 Å². The maximum Gasteiger partial charge on any atom is 0.454 e. The number of halogens is 3. The van der Waals surface area contributed by atoms with Crippen LogP contribution in [-0.4, -0.2) is 49.0 Å². The van der Waals surface area contributed by atoms with Crippen LogP contribution >= 0.6 is 0 Å². The van der Waals surface area contributed by atoms with Gasteiger partial charge in [0.05, 0.1) is 6.54 Å². The Morgan fingerprint density at radius 3 is 2.35 bits per heavy atom. The number of nitrogens with zero attached hydrogens (tertiary/aromatic N) is 1. The maximum absolute atomic E-state index is 12.9. The molecule has 2 aromatic rings. The zero-order chi connectivity index (χ0) is 22.9. The number of hydrogen-bond acceptors (Lipinski definition) is 4. The highest BCUT2D eigenvalue weighted by Crippen LogP contribution is 2.16. The monoisotopic (exact) mass is 434 g/mol. The van der Waals surface area contributed by atoms with Crippen molar-refractivity contribution in [1.29, 1.82) is 0 Å². The van der Waals surface area contributed by atoms with Gasteiger partial charge >= 0.3 is 6.18 Å². The molecule has 166 valence electrons. The number of aryl methyl sites for hydroxylation is 1. The molecule has 31 heavy (non-hydrogen) atoms. The van der Waals surface area contributed by atoms with Crippen LogP contribution < -0.4 is 10.1 Å². The zero-order valence-electron chi connectivity index (χ0n) is 17.4. The molecule has 0 aromatic heterocycles. The highest BCUT2D eigenvalue weighted by Gasteiger charge is 2.36. The highest BCUT2D eigenvalue weighted by atomic mass is 19.4. The molecular weight excluding hydrogens is 409 g/mol. The number of nitrogens with one attached hydrogen (secondary N) is 1. The van der Waals surface area contributed by atoms with Crippen LogP contribution in [0.3, 0.4) is 0 Å². The summed E-state index contributed by atoms with van der Waals surface area (Å²) in [5.74, 6) is -1.65. The smallest absolute Gasteiger partial charge is 0.454 e. The third-order valence-corrected chi connectivity index (χ3v) is 4.48. The average molecular weight is 434 g/mol. The fourth-order valence-electron chi connectivity index (χ4n) is 2.71. The fourth-order valence-corrected chi connectivity index (χ4v) is 2.71. The van der Waals surface area contributed by atoms with Gasteiger partial charge in [-0.1, -0.05) is 48.0 Å². The van der Waals surface area contributed by atoms with E-state index in [0.29, 0.717) is 11.8 Å². The minimum absolute atomic E-state index is 0.243. The minimum Gasteiger partial charge on any atom is -0.492 e. The highest BCUT2D eigenvalue weighted by molar-refractivity contribution is 5.94. The largest absolute Gasteiger partial charge is 0.492 e. The van der Waals surface area contributed by atoms with Crippen molar-refractivity contribution >= 4 is 11.7 Å². The van der Waals surface area contributed by atoms with Crippen molar-refractivity contribution < 1.29 is 27.5 Å². The Morgan fingerprint density at radius 2 is 1.74 bits per heavy atom. The van der Waals surface area contributed by atoms with Gasteiger partial charge in [-0.2, -0.15) is 13.2 Å². The second kappa shape index (κ2) is 11.2. The number of ketones is 1. The lowest BCUT2D eigenvalue weighted by Gasteiger charge is -2.24. The van der Waals surface area contributed by atoms with E-state index in [2.05, 4.69) is 5.32 Å². The Morgan fingerprint density at radius 1 is 1.10 bits per heavy atom. The van der Waals surface area contributed by atoms with E-state index in [1.54, 1.807) is 19.2 Å². The van der Waals surface area contributed by atoms with Crippen molar-refractivity contribution in [2.45, 2.75) is 25.6 Å². The van der Waals surface area contributed by atoms with Crippen molar-refractivity contribution in [3.63, 3.8) is 0 Å². The second-order valence-corrected chi connectivity index (χ2v) is 7.03. The summed E-state index contributed by atoms with van der Waals surface area (Å²) in [4.78, 5) is 25.4. The normalized spacial score (nSPS) is 12.4. The van der Waals surface area contributed by atoms with E-state index in [1.165, 1.54) is 4.90 Å². The van der Waals surface area contributed by atoms with Crippen molar-refractivity contribution in [2.24, 2.45) is 0 Å². The molecule has 1 N–H and O–H groups in total. The number of hydrogen-bond donors (Lipinski definition) is 1. The summed E-state index contributed by atoms with van der Waals surface area (Å²) < 4.78 is 42.8. The maximum atomic E-state index is 12.9. The summed E-state index contributed by atoms with van der Waals surface area (Å²) >= 11 is 0. The van der Waals surface area contributed by atoms with Gasteiger partial charge in [0, 0.05) is 25.7 Å². The molecule has 1 atom stereocenters. The summed E-state index contributed by atoms with van der Waals surface area (Å²) in [6.45, 7) is 2.50. The molecule has 5 nitrogen and oxygen atoms in total. The Hall–Kier alpha value is -3.29. The first-order valence-corrected chi connectivity index (χ1v) is 9.69. The molecular formula is C23H25F3N2O3. The molecule has 0 fully saturated rings. The van der Waals surface area contributed by atoms with Crippen LogP contribution in [0, 0.1) is 6.92 Å². The van der Waals surface area contributed by atoms with Crippen molar-refractivity contribution in [1.82, 2.24) is 10.2 Å². The molecule has 0 radical (unpaired) electrons. The van der Waals surface area contributed by atoms with E-state index in [0.717, 1.165) is 17.3 Å². The summed E-state index contributed by atoms with van der Waals surface area (Å²) in [6.07, 6.45) is -3.46. The van der Waals surface area contributed by atoms with Gasteiger partial charge in [0.2, 0.25) is 5.91 Å². The molecule has 0 saturated heterocycles. The number of alkyl halides is 3. The lowest BCUT2D eigenvalue weighted by Crippen LogP contribution is -2.45. The summed E-state index contributed by atoms with van der Waals surface area (Å²) in [6, 6.07) is 15.7. The quantitative estimate of drug-likeness (QED) is 0.580. The molecule has 8 heteroatoms. The number of carbonyl (C=O) groups is 2. The predicted octanol–water partition coefficient (Wildman–Crippen LogP) is 3.68. The Bertz CT molecular complexity index is 881. The van der Waals surface area contributed by atoms with Crippen LogP contribution in [0.4, 0.5) is 13.2 Å². The SMILES string of the molecule is Cc1ccc(OCCN(C)C(=O)C(Cc2ccccc2)NC=CC(=O)C(F)(F)F)cc1. The van der Waals surface area contributed by atoms with Crippen LogP contribution in [0.25, 0.3) is 0 Å². The summed E-state index contributed by atoms with van der Waals surface area (Å²) in [5.41, 5.74) is 1.93. The molecule has 0 aliphatic carbocycles. The molecule has 0 spiro atoms. The van der Waals surface area contributed by atoms with Gasteiger partial charge in [-0.3, -0.25) is 9.59 Å². The zero-order valence-corrected chi connectivity index (χ0v) is 17.4. The number of allylic oxidation sites excluding steroid dienone is 1. The average Bonchev–Trinajstić information content (AvgIpc) is 2.73. The van der Waals surface area contributed by atoms with E-state index >= 15 is 0 Å². The van der Waals surface area contributed by atoms with Crippen molar-refractivity contribution in [3.8, 4) is 5.75 Å². The first kappa shape index (κ1) is 24.0. The minimum atomic E-state index is -4.96. The third kappa shape index (κ3) is 8.16. The Kier molecular flexibility index (Phi) is 8.66. The van der Waals surface area contributed by atoms with E-state index in [-0.39, 0.29) is 25.5 Å². The first-order valence-electron chi connectivity index (χ1n) is 9.69. The number of rotatable bonds is 10. The molecule has 0 heterocycles. The van der Waals surface area contributed by atoms with Crippen LogP contribution in [0.5, 0.6) is 5.75 Å². The number of benzene rings is 2. The number of amides is 1. The lowest BCUT2D eigenvalue weighted by atomic mass is 10.0. The van der Waals surface area contributed by atoms with Crippen LogP contribution in [0.1, 0.15) is 11.1 Å². The first-order chi connectivity index (χ1) is 14.7. The fraction of sp³-hybridized carbons (Fsp3) is 0.304. The van der Waals surface area contributed by atoms with Crippen LogP contribution in [0.2, 0.25) is 0 Å². The Balaban J connectivity index is 1.99. The molecule has 0 bridgehead atoms. The summed E-state index contributed by atoms with van der Waals surface area (Å²) in [7, 11) is 1.59. The van der Waals surface area contributed by atoms with E-state index in [4.69, 9.17) is 4.74 Å². The lowest BCUT2D eigenvalue weighted by molar-refractivity contribution is -0.165. The van der Waals surface area contributed by atoms with Gasteiger partial charge in [-0.25, -0.2) is 0 Å². The summed E-state index contributed by atoms with van der Waals surface area (Å²) in [5, 5.41) is 2.63. The Labute approximate surface area is 179 Å². The van der Waals surface area contributed by atoms with E-state index < -0.39 is 18.0 Å².